The molecule has 96 valence electrons. The number of rotatable bonds is 2. The van der Waals surface area contributed by atoms with Gasteiger partial charge in [0, 0.05) is 37.4 Å². The summed E-state index contributed by atoms with van der Waals surface area (Å²) in [5.41, 5.74) is 1.88. The fraction of sp³-hybridized carbons (Fsp3) is 0.385. The van der Waals surface area contributed by atoms with Gasteiger partial charge in [-0.1, -0.05) is 12.1 Å². The quantitative estimate of drug-likeness (QED) is 0.455. The first-order valence-electron chi connectivity index (χ1n) is 6.08. The largest absolute Gasteiger partial charge is 0.582 e. The van der Waals surface area contributed by atoms with E-state index in [4.69, 9.17) is 10.5 Å². The Bertz CT molecular complexity index is 460. The molecule has 4 N–H and O–H groups in total. The minimum Gasteiger partial charge on any atom is -0.582 e. The third-order valence-corrected chi connectivity index (χ3v) is 2.88. The lowest BCUT2D eigenvalue weighted by Gasteiger charge is -2.29. The highest BCUT2D eigenvalue weighted by Gasteiger charge is 2.11. The number of amidine groups is 1. The van der Waals surface area contributed by atoms with Gasteiger partial charge in [-0.2, -0.15) is 4.99 Å². The van der Waals surface area contributed by atoms with Gasteiger partial charge >= 0.3 is 5.90 Å². The van der Waals surface area contributed by atoms with Crippen molar-refractivity contribution in [3.8, 4) is 0 Å². The third kappa shape index (κ3) is 3.07. The molecule has 2 rings (SSSR count). The van der Waals surface area contributed by atoms with E-state index < -0.39 is 0 Å². The van der Waals surface area contributed by atoms with E-state index in [0.29, 0.717) is 0 Å². The Labute approximate surface area is 107 Å². The molecule has 5 heteroatoms. The van der Waals surface area contributed by atoms with Gasteiger partial charge in [-0.3, -0.25) is 5.41 Å². The van der Waals surface area contributed by atoms with Crippen molar-refractivity contribution in [2.24, 2.45) is 4.99 Å². The second-order valence-corrected chi connectivity index (χ2v) is 4.33. The molecule has 0 aromatic heterocycles. The van der Waals surface area contributed by atoms with E-state index in [2.05, 4.69) is 21.3 Å². The fourth-order valence-electron chi connectivity index (χ4n) is 2.01. The number of anilines is 1. The first-order valence-corrected chi connectivity index (χ1v) is 6.08. The predicted octanol–water partition coefficient (Wildman–Crippen LogP) is 0.565. The Hall–Kier alpha value is -1.88. The molecule has 0 amide bonds. The van der Waals surface area contributed by atoms with Crippen LogP contribution in [-0.2, 0) is 0 Å². The van der Waals surface area contributed by atoms with Gasteiger partial charge in [-0.15, -0.1) is 0 Å². The van der Waals surface area contributed by atoms with Gasteiger partial charge in [0.25, 0.3) is 0 Å². The molecule has 0 bridgehead atoms. The van der Waals surface area contributed by atoms with Gasteiger partial charge in [-0.25, -0.2) is 0 Å². The number of nitrogens with zero attached hydrogens (tertiary/aromatic N) is 2. The molecular formula is C13H19N4O+. The maximum atomic E-state index is 7.83. The fourth-order valence-corrected chi connectivity index (χ4v) is 2.01. The molecule has 0 radical (unpaired) electrons. The van der Waals surface area contributed by atoms with E-state index in [1.54, 1.807) is 6.92 Å². The summed E-state index contributed by atoms with van der Waals surface area (Å²) >= 11 is 0. The van der Waals surface area contributed by atoms with Gasteiger partial charge in [0.05, 0.1) is 6.92 Å². The smallest absolute Gasteiger partial charge is 0.329 e. The number of hydrogen-bond acceptors (Lipinski definition) is 3. The number of piperazine rings is 1. The van der Waals surface area contributed by atoms with Crippen LogP contribution in [0.15, 0.2) is 29.3 Å². The first-order chi connectivity index (χ1) is 8.66. The predicted molar refractivity (Wildman–Crippen MR) is 75.1 cm³/mol. The van der Waals surface area contributed by atoms with Crippen LogP contribution in [0.5, 0.6) is 0 Å². The molecule has 1 aromatic carbocycles. The van der Waals surface area contributed by atoms with Gasteiger partial charge in [0.1, 0.15) is 0 Å². The molecule has 0 atom stereocenters. The van der Waals surface area contributed by atoms with Crippen LogP contribution in [0, 0.1) is 5.41 Å². The summed E-state index contributed by atoms with van der Waals surface area (Å²) in [5.74, 6) is 0.312. The maximum absolute atomic E-state index is 7.83. The average molecular weight is 247 g/mol. The van der Waals surface area contributed by atoms with Crippen molar-refractivity contribution in [1.29, 1.82) is 5.41 Å². The molecule has 5 nitrogen and oxygen atoms in total. The van der Waals surface area contributed by atoms with Crippen LogP contribution in [0.4, 0.5) is 5.69 Å². The second-order valence-electron chi connectivity index (χ2n) is 4.33. The summed E-state index contributed by atoms with van der Waals surface area (Å²) in [7, 11) is 0. The van der Waals surface area contributed by atoms with E-state index >= 15 is 0 Å². The zero-order valence-electron chi connectivity index (χ0n) is 10.5. The summed E-state index contributed by atoms with van der Waals surface area (Å²) in [6, 6.07) is 7.83. The Morgan fingerprint density at radius 1 is 1.39 bits per heavy atom. The van der Waals surface area contributed by atoms with Crippen molar-refractivity contribution in [2.45, 2.75) is 6.92 Å². The maximum Gasteiger partial charge on any atom is 0.329 e. The second kappa shape index (κ2) is 5.64. The molecule has 1 aliphatic heterocycles. The monoisotopic (exact) mass is 247 g/mol. The Morgan fingerprint density at radius 2 is 2.11 bits per heavy atom. The Balaban J connectivity index is 2.19. The minimum atomic E-state index is 0.152. The Kier molecular flexibility index (Phi) is 3.94. The van der Waals surface area contributed by atoms with E-state index in [0.717, 1.165) is 37.4 Å². The van der Waals surface area contributed by atoms with E-state index in [1.807, 2.05) is 18.2 Å². The van der Waals surface area contributed by atoms with Gasteiger partial charge in [0.2, 0.25) is 0 Å². The molecule has 0 saturated carbocycles. The van der Waals surface area contributed by atoms with Crippen LogP contribution in [0.25, 0.3) is 0 Å². The molecule has 1 fully saturated rings. The zero-order valence-corrected chi connectivity index (χ0v) is 10.5. The standard InChI is InChI=1S/C13H18N4O/c1-10(18)16-13(14)11-3-2-4-12(9-11)17-7-5-15-6-8-17/h2-4,9,15H,5-8H2,1H3,(H2,14,16,18)/p+1. The normalized spacial score (nSPS) is 16.7. The van der Waals surface area contributed by atoms with Gasteiger partial charge in [0.15, 0.2) is 5.84 Å². The van der Waals surface area contributed by atoms with Crippen LogP contribution in [-0.4, -0.2) is 43.0 Å². The van der Waals surface area contributed by atoms with Gasteiger partial charge < -0.3 is 15.3 Å². The van der Waals surface area contributed by atoms with Crippen molar-refractivity contribution in [3.05, 3.63) is 29.8 Å². The molecule has 1 saturated heterocycles. The van der Waals surface area contributed by atoms with Crippen molar-refractivity contribution < 1.29 is 5.11 Å². The first kappa shape index (κ1) is 12.6. The summed E-state index contributed by atoms with van der Waals surface area (Å²) < 4.78 is 0. The van der Waals surface area contributed by atoms with Crippen LogP contribution >= 0.6 is 0 Å². The molecule has 0 unspecified atom stereocenters. The van der Waals surface area contributed by atoms with Gasteiger partial charge in [-0.05, 0) is 12.1 Å². The number of nitrogens with one attached hydrogen (secondary N) is 2. The lowest BCUT2D eigenvalue weighted by molar-refractivity contribution is 0.549. The summed E-state index contributed by atoms with van der Waals surface area (Å²) in [4.78, 5) is 6.17. The number of aliphatic imine (C=N–C) groups is 1. The highest BCUT2D eigenvalue weighted by atomic mass is 16.3. The SMILES string of the molecule is CC([OH2+])=NC(=N)c1cccc(N2CCNCC2)c1. The molecule has 18 heavy (non-hydrogen) atoms. The van der Waals surface area contributed by atoms with Crippen LogP contribution < -0.4 is 10.2 Å². The van der Waals surface area contributed by atoms with E-state index in [1.165, 1.54) is 0 Å². The van der Waals surface area contributed by atoms with Crippen molar-refractivity contribution in [3.63, 3.8) is 0 Å². The highest BCUT2D eigenvalue weighted by Crippen LogP contribution is 2.17. The molecular weight excluding hydrogens is 228 g/mol. The number of hydrogen-bond donors (Lipinski definition) is 2. The van der Waals surface area contributed by atoms with E-state index in [-0.39, 0.29) is 11.7 Å². The average Bonchev–Trinajstić information content (AvgIpc) is 2.39. The molecule has 0 aliphatic carbocycles. The van der Waals surface area contributed by atoms with Crippen molar-refractivity contribution >= 4 is 17.4 Å². The third-order valence-electron chi connectivity index (χ3n) is 2.88. The minimum absolute atomic E-state index is 0.152. The van der Waals surface area contributed by atoms with Crippen LogP contribution in [0.3, 0.4) is 0 Å². The topological polar surface area (TPSA) is 74.4 Å². The lowest BCUT2D eigenvalue weighted by Crippen LogP contribution is -2.43. The molecule has 1 aliphatic rings. The lowest BCUT2D eigenvalue weighted by atomic mass is 10.1. The highest BCUT2D eigenvalue weighted by molar-refractivity contribution is 6.03. The molecule has 1 heterocycles. The van der Waals surface area contributed by atoms with Crippen molar-refractivity contribution in [1.82, 2.24) is 5.32 Å². The van der Waals surface area contributed by atoms with Crippen LogP contribution in [0.1, 0.15) is 12.5 Å². The van der Waals surface area contributed by atoms with Crippen LogP contribution in [0.2, 0.25) is 0 Å². The Morgan fingerprint density at radius 3 is 2.78 bits per heavy atom. The summed E-state index contributed by atoms with van der Waals surface area (Å²) in [6.07, 6.45) is 0. The summed E-state index contributed by atoms with van der Waals surface area (Å²) in [6.45, 7) is 5.53. The summed E-state index contributed by atoms with van der Waals surface area (Å²) in [5, 5.41) is 18.4. The zero-order chi connectivity index (χ0) is 13.0. The number of benzene rings is 1. The molecule has 0 spiro atoms. The van der Waals surface area contributed by atoms with E-state index in [9.17, 15) is 0 Å². The molecule has 1 aromatic rings. The van der Waals surface area contributed by atoms with Crippen molar-refractivity contribution in [2.75, 3.05) is 31.1 Å².